The Labute approximate surface area is 248 Å². The number of hydrogen-bond acceptors (Lipinski definition) is 6. The van der Waals surface area contributed by atoms with Crippen LogP contribution in [0.25, 0.3) is 28.0 Å². The van der Waals surface area contributed by atoms with Crippen LogP contribution in [0.15, 0.2) is 54.0 Å². The van der Waals surface area contributed by atoms with Crippen molar-refractivity contribution in [3.8, 4) is 16.9 Å². The van der Waals surface area contributed by atoms with Crippen molar-refractivity contribution >= 4 is 22.8 Å². The van der Waals surface area contributed by atoms with Gasteiger partial charge in [0.1, 0.15) is 17.5 Å². The molecule has 8 nitrogen and oxygen atoms in total. The second-order valence-electron chi connectivity index (χ2n) is 11.8. The molecule has 43 heavy (non-hydrogen) atoms. The highest BCUT2D eigenvalue weighted by Crippen LogP contribution is 2.46. The van der Waals surface area contributed by atoms with E-state index >= 15 is 4.39 Å². The first-order valence-electron chi connectivity index (χ1n) is 14.7. The summed E-state index contributed by atoms with van der Waals surface area (Å²) in [5, 5.41) is 0.635. The molecule has 1 aliphatic heterocycles. The first kappa shape index (κ1) is 28.6. The van der Waals surface area contributed by atoms with E-state index in [1.54, 1.807) is 11.1 Å². The van der Waals surface area contributed by atoms with Gasteiger partial charge in [0.25, 0.3) is 0 Å². The summed E-state index contributed by atoms with van der Waals surface area (Å²) in [6, 6.07) is 6.98. The van der Waals surface area contributed by atoms with Crippen molar-refractivity contribution in [2.24, 2.45) is 0 Å². The van der Waals surface area contributed by atoms with Gasteiger partial charge < -0.3 is 9.80 Å². The molecule has 4 aromatic rings. The number of benzene rings is 1. The van der Waals surface area contributed by atoms with E-state index < -0.39 is 17.3 Å². The molecule has 0 radical (unpaired) electrons. The Morgan fingerprint density at radius 1 is 1.12 bits per heavy atom. The fourth-order valence-corrected chi connectivity index (χ4v) is 6.05. The normalized spacial score (nSPS) is 17.1. The van der Waals surface area contributed by atoms with Gasteiger partial charge in [0, 0.05) is 37.4 Å². The number of carbonyl (C=O) groups is 1. The molecule has 0 spiro atoms. The largest absolute Gasteiger partial charge is 0.355 e. The lowest BCUT2D eigenvalue weighted by molar-refractivity contribution is -0.126. The predicted molar refractivity (Wildman–Crippen MR) is 163 cm³/mol. The van der Waals surface area contributed by atoms with Crippen LogP contribution in [-0.4, -0.2) is 56.0 Å². The van der Waals surface area contributed by atoms with Gasteiger partial charge in [-0.05, 0) is 86.1 Å². The predicted octanol–water partition coefficient (Wildman–Crippen LogP) is 5.65. The average Bonchev–Trinajstić information content (AvgIpc) is 3.83. The van der Waals surface area contributed by atoms with Crippen LogP contribution in [0.2, 0.25) is 0 Å². The molecule has 1 saturated heterocycles. The number of aryl methyl sites for hydroxylation is 1. The van der Waals surface area contributed by atoms with E-state index in [2.05, 4.69) is 16.5 Å². The van der Waals surface area contributed by atoms with Gasteiger partial charge in [-0.3, -0.25) is 9.78 Å². The van der Waals surface area contributed by atoms with E-state index in [1.165, 1.54) is 10.6 Å². The summed E-state index contributed by atoms with van der Waals surface area (Å²) in [7, 11) is 0. The Morgan fingerprint density at radius 2 is 1.88 bits per heavy atom. The quantitative estimate of drug-likeness (QED) is 0.272. The monoisotopic (exact) mass is 584 g/mol. The lowest BCUT2D eigenvalue weighted by Crippen LogP contribution is -2.54. The Morgan fingerprint density at radius 3 is 2.56 bits per heavy atom. The van der Waals surface area contributed by atoms with Gasteiger partial charge in [0.15, 0.2) is 5.65 Å². The van der Waals surface area contributed by atoms with E-state index in [0.717, 1.165) is 42.2 Å². The number of halogens is 2. The minimum atomic E-state index is -0.588. The van der Waals surface area contributed by atoms with Gasteiger partial charge in [-0.1, -0.05) is 20.4 Å². The summed E-state index contributed by atoms with van der Waals surface area (Å²) >= 11 is 0. The number of aromatic nitrogens is 4. The van der Waals surface area contributed by atoms with Gasteiger partial charge in [-0.2, -0.15) is 4.98 Å². The van der Waals surface area contributed by atoms with E-state index in [0.29, 0.717) is 53.6 Å². The maximum Gasteiger partial charge on any atom is 0.355 e. The number of amides is 1. The van der Waals surface area contributed by atoms with Gasteiger partial charge in [0.05, 0.1) is 22.5 Å². The molecule has 10 heteroatoms. The first-order chi connectivity index (χ1) is 20.6. The van der Waals surface area contributed by atoms with Crippen LogP contribution >= 0.6 is 0 Å². The fourth-order valence-electron chi connectivity index (χ4n) is 6.05. The van der Waals surface area contributed by atoms with Crippen molar-refractivity contribution in [3.05, 3.63) is 88.1 Å². The number of hydrogen-bond donors (Lipinski definition) is 0. The standard InChI is InChI=1S/C33H34F2N6O2/c1-6-27(42)39-13-14-40(20(5)17-39)31-25-16-23(21-7-8-21)29(24-15-22(34)9-10-26(24)35)37-32(25)41(33(43)38-31)30-19(4)11-12-36-28(30)18(2)3/h6,9-12,15-16,18,20-21H,1,7-8,13-14,17H2,2-5H3. The van der Waals surface area contributed by atoms with E-state index in [4.69, 9.17) is 4.98 Å². The maximum atomic E-state index is 15.3. The number of pyridine rings is 2. The van der Waals surface area contributed by atoms with E-state index in [-0.39, 0.29) is 29.3 Å². The van der Waals surface area contributed by atoms with Crippen molar-refractivity contribution in [1.29, 1.82) is 0 Å². The van der Waals surface area contributed by atoms with Crippen molar-refractivity contribution in [3.63, 3.8) is 0 Å². The van der Waals surface area contributed by atoms with Crippen molar-refractivity contribution in [1.82, 2.24) is 24.4 Å². The summed E-state index contributed by atoms with van der Waals surface area (Å²) in [5.41, 5.74) is 3.02. The molecular weight excluding hydrogens is 550 g/mol. The number of nitrogens with zero attached hydrogens (tertiary/aromatic N) is 6. The average molecular weight is 585 g/mol. The Hall–Kier alpha value is -4.47. The van der Waals surface area contributed by atoms with Crippen LogP contribution in [0.4, 0.5) is 14.6 Å². The summed E-state index contributed by atoms with van der Waals surface area (Å²) in [5.74, 6) is -0.726. The van der Waals surface area contributed by atoms with Gasteiger partial charge in [0.2, 0.25) is 5.91 Å². The third kappa shape index (κ3) is 5.08. The minimum absolute atomic E-state index is 0.0158. The number of piperazine rings is 1. The second kappa shape index (κ2) is 11.0. The third-order valence-electron chi connectivity index (χ3n) is 8.39. The Balaban J connectivity index is 1.67. The zero-order valence-corrected chi connectivity index (χ0v) is 24.8. The summed E-state index contributed by atoms with van der Waals surface area (Å²) < 4.78 is 31.2. The lowest BCUT2D eigenvalue weighted by Gasteiger charge is -2.40. The van der Waals surface area contributed by atoms with Crippen molar-refractivity contribution < 1.29 is 13.6 Å². The number of fused-ring (bicyclic) bond motifs is 1. The van der Waals surface area contributed by atoms with Crippen molar-refractivity contribution in [2.45, 2.75) is 58.4 Å². The molecular formula is C33H34F2N6O2. The minimum Gasteiger partial charge on any atom is -0.350 e. The zero-order chi connectivity index (χ0) is 30.6. The number of carbonyl (C=O) groups excluding carboxylic acids is 1. The van der Waals surface area contributed by atoms with Gasteiger partial charge in [-0.25, -0.2) is 23.1 Å². The molecule has 0 bridgehead atoms. The molecule has 0 N–H and O–H groups in total. The number of rotatable bonds is 6. The smallest absolute Gasteiger partial charge is 0.350 e. The molecule has 222 valence electrons. The van der Waals surface area contributed by atoms with Crippen LogP contribution in [0.1, 0.15) is 62.3 Å². The zero-order valence-electron chi connectivity index (χ0n) is 24.8. The highest BCUT2D eigenvalue weighted by Gasteiger charge is 2.33. The van der Waals surface area contributed by atoms with Crippen LogP contribution in [0.5, 0.6) is 0 Å². The summed E-state index contributed by atoms with van der Waals surface area (Å²) in [4.78, 5) is 44.4. The topological polar surface area (TPSA) is 84.2 Å². The van der Waals surface area contributed by atoms with Crippen molar-refractivity contribution in [2.75, 3.05) is 24.5 Å². The first-order valence-corrected chi connectivity index (χ1v) is 14.7. The molecule has 2 fully saturated rings. The molecule has 4 heterocycles. The Bertz CT molecular complexity index is 1830. The van der Waals surface area contributed by atoms with E-state index in [9.17, 15) is 14.0 Å². The Kier molecular flexibility index (Phi) is 7.31. The second-order valence-corrected chi connectivity index (χ2v) is 11.8. The lowest BCUT2D eigenvalue weighted by atomic mass is 9.99. The maximum absolute atomic E-state index is 15.3. The highest BCUT2D eigenvalue weighted by molar-refractivity contribution is 5.92. The molecule has 1 unspecified atom stereocenters. The van der Waals surface area contributed by atoms with Crippen LogP contribution in [-0.2, 0) is 4.79 Å². The summed E-state index contributed by atoms with van der Waals surface area (Å²) in [6.45, 7) is 12.8. The van der Waals surface area contributed by atoms with Crippen LogP contribution < -0.4 is 10.6 Å². The number of anilines is 1. The molecule has 6 rings (SSSR count). The van der Waals surface area contributed by atoms with E-state index in [1.807, 2.05) is 44.7 Å². The highest BCUT2D eigenvalue weighted by atomic mass is 19.1. The SMILES string of the molecule is C=CC(=O)N1CCN(c2nc(=O)n(-c3c(C)ccnc3C(C)C)c3nc(-c4cc(F)ccc4F)c(C4CC4)cc23)C(C)C1. The molecule has 1 aliphatic carbocycles. The molecule has 1 atom stereocenters. The van der Waals surface area contributed by atoms with Gasteiger partial charge in [-0.15, -0.1) is 0 Å². The molecule has 1 amide bonds. The summed E-state index contributed by atoms with van der Waals surface area (Å²) in [6.07, 6.45) is 4.81. The molecule has 1 aromatic carbocycles. The van der Waals surface area contributed by atoms with Crippen LogP contribution in [0, 0.1) is 18.6 Å². The molecule has 3 aromatic heterocycles. The fraction of sp³-hybridized carbons (Fsp3) is 0.364. The molecule has 1 saturated carbocycles. The molecule has 2 aliphatic rings. The van der Waals surface area contributed by atoms with Gasteiger partial charge >= 0.3 is 5.69 Å². The third-order valence-corrected chi connectivity index (χ3v) is 8.39. The van der Waals surface area contributed by atoms with Crippen LogP contribution in [0.3, 0.4) is 0 Å².